The molecule has 0 heterocycles. The van der Waals surface area contributed by atoms with Crippen molar-refractivity contribution in [2.24, 2.45) is 5.73 Å². The maximum absolute atomic E-state index is 14.4. The van der Waals surface area contributed by atoms with Crippen LogP contribution in [0.2, 0.25) is 0 Å². The van der Waals surface area contributed by atoms with Crippen LogP contribution in [0.15, 0.2) is 46.9 Å². The lowest BCUT2D eigenvalue weighted by Gasteiger charge is -2.15. The molecule has 2 aromatic rings. The van der Waals surface area contributed by atoms with Crippen LogP contribution in [0, 0.1) is 5.82 Å². The van der Waals surface area contributed by atoms with Gasteiger partial charge in [-0.25, -0.2) is 4.39 Å². The molecule has 0 aliphatic carbocycles. The monoisotopic (exact) mass is 407 g/mol. The van der Waals surface area contributed by atoms with Gasteiger partial charge in [-0.2, -0.15) is 0 Å². The van der Waals surface area contributed by atoms with Gasteiger partial charge < -0.3 is 10.5 Å². The first-order chi connectivity index (χ1) is 12.1. The molecule has 4 heteroatoms. The van der Waals surface area contributed by atoms with Crippen molar-refractivity contribution in [3.8, 4) is 5.75 Å². The van der Waals surface area contributed by atoms with E-state index in [1.54, 1.807) is 12.1 Å². The van der Waals surface area contributed by atoms with Crippen molar-refractivity contribution in [1.29, 1.82) is 0 Å². The molecule has 0 fully saturated rings. The lowest BCUT2D eigenvalue weighted by Crippen LogP contribution is -2.13. The second-order valence-corrected chi connectivity index (χ2v) is 7.24. The van der Waals surface area contributed by atoms with E-state index in [9.17, 15) is 4.39 Å². The summed E-state index contributed by atoms with van der Waals surface area (Å²) in [5.74, 6) is 0.244. The zero-order chi connectivity index (χ0) is 18.1. The summed E-state index contributed by atoms with van der Waals surface area (Å²) in [4.78, 5) is 0. The lowest BCUT2D eigenvalue weighted by molar-refractivity contribution is 0.302. The highest BCUT2D eigenvalue weighted by Gasteiger charge is 2.14. The van der Waals surface area contributed by atoms with Gasteiger partial charge >= 0.3 is 0 Å². The van der Waals surface area contributed by atoms with Crippen molar-refractivity contribution >= 4 is 15.9 Å². The fourth-order valence-electron chi connectivity index (χ4n) is 2.77. The smallest absolute Gasteiger partial charge is 0.132 e. The summed E-state index contributed by atoms with van der Waals surface area (Å²) in [5, 5.41) is 0. The quantitative estimate of drug-likeness (QED) is 0.463. The van der Waals surface area contributed by atoms with Crippen molar-refractivity contribution in [2.75, 3.05) is 6.61 Å². The maximum atomic E-state index is 14.4. The SMILES string of the molecule is CCCCCCCCOc1ccc(C(N)c2ccc(Br)cc2)c(F)c1. The second-order valence-electron chi connectivity index (χ2n) is 6.33. The predicted molar refractivity (Wildman–Crippen MR) is 105 cm³/mol. The van der Waals surface area contributed by atoms with E-state index >= 15 is 0 Å². The van der Waals surface area contributed by atoms with Crippen molar-refractivity contribution in [2.45, 2.75) is 51.5 Å². The Bertz CT molecular complexity index is 645. The summed E-state index contributed by atoms with van der Waals surface area (Å²) in [6, 6.07) is 12.1. The number of hydrogen-bond acceptors (Lipinski definition) is 2. The van der Waals surface area contributed by atoms with Gasteiger partial charge in [0.05, 0.1) is 12.6 Å². The summed E-state index contributed by atoms with van der Waals surface area (Å²) in [6.07, 6.45) is 7.25. The minimum atomic E-state index is -0.485. The van der Waals surface area contributed by atoms with Gasteiger partial charge in [-0.05, 0) is 30.2 Å². The van der Waals surface area contributed by atoms with E-state index in [1.807, 2.05) is 24.3 Å². The first kappa shape index (κ1) is 19.9. The number of nitrogens with two attached hydrogens (primary N) is 1. The van der Waals surface area contributed by atoms with Crippen molar-refractivity contribution in [3.05, 3.63) is 63.9 Å². The Kier molecular flexibility index (Phi) is 8.42. The molecule has 0 aliphatic rings. The number of unbranched alkanes of at least 4 members (excludes halogenated alkanes) is 5. The molecule has 2 nitrogen and oxygen atoms in total. The highest BCUT2D eigenvalue weighted by molar-refractivity contribution is 9.10. The van der Waals surface area contributed by atoms with Crippen LogP contribution in [0.5, 0.6) is 5.75 Å². The summed E-state index contributed by atoms with van der Waals surface area (Å²) in [6.45, 7) is 2.84. The molecule has 0 spiro atoms. The van der Waals surface area contributed by atoms with E-state index in [-0.39, 0.29) is 5.82 Å². The molecule has 25 heavy (non-hydrogen) atoms. The van der Waals surface area contributed by atoms with Crippen molar-refractivity contribution in [3.63, 3.8) is 0 Å². The average Bonchev–Trinajstić information content (AvgIpc) is 2.61. The normalized spacial score (nSPS) is 12.2. The van der Waals surface area contributed by atoms with Gasteiger partial charge in [-0.15, -0.1) is 0 Å². The van der Waals surface area contributed by atoms with Crippen molar-refractivity contribution in [1.82, 2.24) is 0 Å². The molecule has 2 N–H and O–H groups in total. The molecular weight excluding hydrogens is 381 g/mol. The highest BCUT2D eigenvalue weighted by atomic mass is 79.9. The molecule has 1 atom stereocenters. The maximum Gasteiger partial charge on any atom is 0.132 e. The van der Waals surface area contributed by atoms with Crippen LogP contribution >= 0.6 is 15.9 Å². The topological polar surface area (TPSA) is 35.2 Å². The van der Waals surface area contributed by atoms with Gasteiger partial charge in [-0.1, -0.05) is 73.2 Å². The molecule has 1 unspecified atom stereocenters. The zero-order valence-electron chi connectivity index (χ0n) is 14.8. The van der Waals surface area contributed by atoms with Gasteiger partial charge in [0.2, 0.25) is 0 Å². The first-order valence-electron chi connectivity index (χ1n) is 9.05. The minimum Gasteiger partial charge on any atom is -0.493 e. The third-order valence-electron chi connectivity index (χ3n) is 4.30. The summed E-state index contributed by atoms with van der Waals surface area (Å²) >= 11 is 3.39. The molecule has 136 valence electrons. The van der Waals surface area contributed by atoms with Crippen LogP contribution in [0.4, 0.5) is 4.39 Å². The fourth-order valence-corrected chi connectivity index (χ4v) is 3.04. The molecule has 0 aliphatic heterocycles. The number of ether oxygens (including phenoxy) is 1. The van der Waals surface area contributed by atoms with Gasteiger partial charge in [0.1, 0.15) is 11.6 Å². The number of halogens is 2. The average molecular weight is 408 g/mol. The molecule has 0 saturated carbocycles. The van der Waals surface area contributed by atoms with E-state index < -0.39 is 6.04 Å². The molecule has 2 aromatic carbocycles. The molecule has 0 bridgehead atoms. The van der Waals surface area contributed by atoms with Gasteiger partial charge in [-0.3, -0.25) is 0 Å². The van der Waals surface area contributed by atoms with Crippen LogP contribution in [-0.2, 0) is 0 Å². The van der Waals surface area contributed by atoms with Crippen LogP contribution in [0.3, 0.4) is 0 Å². The Morgan fingerprint density at radius 3 is 2.36 bits per heavy atom. The van der Waals surface area contributed by atoms with E-state index in [0.29, 0.717) is 17.9 Å². The zero-order valence-corrected chi connectivity index (χ0v) is 16.4. The van der Waals surface area contributed by atoms with Crippen LogP contribution in [0.1, 0.15) is 62.6 Å². The Labute approximate surface area is 158 Å². The minimum absolute atomic E-state index is 0.323. The lowest BCUT2D eigenvalue weighted by atomic mass is 9.99. The largest absolute Gasteiger partial charge is 0.493 e. The fraction of sp³-hybridized carbons (Fsp3) is 0.429. The molecule has 2 rings (SSSR count). The van der Waals surface area contributed by atoms with Gasteiger partial charge in [0.15, 0.2) is 0 Å². The Morgan fingerprint density at radius 2 is 1.68 bits per heavy atom. The van der Waals surface area contributed by atoms with Crippen LogP contribution in [-0.4, -0.2) is 6.61 Å². The molecule has 0 saturated heterocycles. The number of benzene rings is 2. The van der Waals surface area contributed by atoms with E-state index in [4.69, 9.17) is 10.5 Å². The molecule has 0 radical (unpaired) electrons. The highest BCUT2D eigenvalue weighted by Crippen LogP contribution is 2.26. The number of hydrogen-bond donors (Lipinski definition) is 1. The van der Waals surface area contributed by atoms with Gasteiger partial charge in [0, 0.05) is 16.1 Å². The van der Waals surface area contributed by atoms with E-state index in [0.717, 1.165) is 22.9 Å². The Balaban J connectivity index is 1.86. The van der Waals surface area contributed by atoms with Gasteiger partial charge in [0.25, 0.3) is 0 Å². The number of rotatable bonds is 10. The third kappa shape index (κ3) is 6.44. The predicted octanol–water partition coefficient (Wildman–Crippen LogP) is 6.38. The first-order valence-corrected chi connectivity index (χ1v) is 9.84. The summed E-state index contributed by atoms with van der Waals surface area (Å²) < 4.78 is 21.0. The second kappa shape index (κ2) is 10.6. The van der Waals surface area contributed by atoms with E-state index in [1.165, 1.54) is 31.7 Å². The van der Waals surface area contributed by atoms with E-state index in [2.05, 4.69) is 22.9 Å². The molecular formula is C21H27BrFNO. The standard InChI is InChI=1S/C21H27BrFNO/c1-2-3-4-5-6-7-14-25-18-12-13-19(20(23)15-18)21(24)16-8-10-17(22)11-9-16/h8-13,15,21H,2-7,14,24H2,1H3. The van der Waals surface area contributed by atoms with Crippen LogP contribution < -0.4 is 10.5 Å². The Morgan fingerprint density at radius 1 is 1.00 bits per heavy atom. The Hall–Kier alpha value is -1.39. The third-order valence-corrected chi connectivity index (χ3v) is 4.83. The van der Waals surface area contributed by atoms with Crippen molar-refractivity contribution < 1.29 is 9.13 Å². The molecule has 0 amide bonds. The van der Waals surface area contributed by atoms with Crippen LogP contribution in [0.25, 0.3) is 0 Å². The summed E-state index contributed by atoms with van der Waals surface area (Å²) in [5.41, 5.74) is 7.56. The molecule has 0 aromatic heterocycles. The summed E-state index contributed by atoms with van der Waals surface area (Å²) in [7, 11) is 0.